The smallest absolute Gasteiger partial charge is 0.315 e. The maximum absolute atomic E-state index is 5.56. The molecule has 0 aliphatic heterocycles. The average molecular weight is 270 g/mol. The van der Waals surface area contributed by atoms with Crippen LogP contribution >= 0.6 is 11.8 Å². The normalized spacial score (nSPS) is 23.4. The molecule has 0 aromatic carbocycles. The topological polar surface area (TPSA) is 63.0 Å². The average Bonchev–Trinajstić information content (AvgIpc) is 3.00. The summed E-state index contributed by atoms with van der Waals surface area (Å²) in [4.78, 5) is 0. The van der Waals surface area contributed by atoms with Crippen molar-refractivity contribution >= 4 is 17.8 Å². The second kappa shape index (κ2) is 6.99. The van der Waals surface area contributed by atoms with E-state index in [-0.39, 0.29) is 0 Å². The zero-order valence-corrected chi connectivity index (χ0v) is 11.9. The summed E-state index contributed by atoms with van der Waals surface area (Å²) >= 11 is 1.95. The third-order valence-corrected chi connectivity index (χ3v) is 4.31. The van der Waals surface area contributed by atoms with Gasteiger partial charge in [0.05, 0.1) is 6.54 Å². The lowest BCUT2D eigenvalue weighted by atomic mass is 10.3. The standard InChI is InChI=1S/C12H22N4OS/c1-3-6-13-8-11-15-16-12(17-11)14-9-4-5-10(7-9)18-2/h9-10,13H,3-8H2,1-2H3,(H,14,16). The van der Waals surface area contributed by atoms with Crippen molar-refractivity contribution in [2.75, 3.05) is 18.1 Å². The number of nitrogens with one attached hydrogen (secondary N) is 2. The maximum Gasteiger partial charge on any atom is 0.315 e. The summed E-state index contributed by atoms with van der Waals surface area (Å²) in [5.41, 5.74) is 0. The van der Waals surface area contributed by atoms with E-state index in [1.54, 1.807) is 0 Å². The number of thioether (sulfide) groups is 1. The zero-order chi connectivity index (χ0) is 12.8. The molecule has 0 bridgehead atoms. The van der Waals surface area contributed by atoms with Gasteiger partial charge in [0.25, 0.3) is 0 Å². The van der Waals surface area contributed by atoms with Crippen molar-refractivity contribution in [2.45, 2.75) is 50.4 Å². The van der Waals surface area contributed by atoms with Crippen LogP contribution in [0.4, 0.5) is 6.01 Å². The summed E-state index contributed by atoms with van der Waals surface area (Å²) in [6.45, 7) is 3.76. The molecule has 1 aromatic heterocycles. The molecule has 2 unspecified atom stereocenters. The van der Waals surface area contributed by atoms with Crippen LogP contribution in [0, 0.1) is 0 Å². The van der Waals surface area contributed by atoms with Crippen LogP contribution in [-0.4, -0.2) is 34.3 Å². The number of nitrogens with zero attached hydrogens (tertiary/aromatic N) is 2. The van der Waals surface area contributed by atoms with Gasteiger partial charge in [-0.1, -0.05) is 12.0 Å². The molecule has 2 rings (SSSR count). The van der Waals surface area contributed by atoms with Gasteiger partial charge in [0.2, 0.25) is 5.89 Å². The molecule has 0 radical (unpaired) electrons. The van der Waals surface area contributed by atoms with E-state index in [0.717, 1.165) is 18.2 Å². The Kier molecular flexibility index (Phi) is 5.31. The van der Waals surface area contributed by atoms with Crippen LogP contribution in [-0.2, 0) is 6.54 Å². The highest BCUT2D eigenvalue weighted by Crippen LogP contribution is 2.29. The van der Waals surface area contributed by atoms with Crippen LogP contribution < -0.4 is 10.6 Å². The van der Waals surface area contributed by atoms with Crippen LogP contribution in [0.25, 0.3) is 0 Å². The fourth-order valence-electron chi connectivity index (χ4n) is 2.22. The van der Waals surface area contributed by atoms with Gasteiger partial charge >= 0.3 is 6.01 Å². The summed E-state index contributed by atoms with van der Waals surface area (Å²) in [6.07, 6.45) is 6.94. The fraction of sp³-hybridized carbons (Fsp3) is 0.833. The molecule has 5 nitrogen and oxygen atoms in total. The highest BCUT2D eigenvalue weighted by atomic mass is 32.2. The van der Waals surface area contributed by atoms with Crippen LogP contribution in [0.15, 0.2) is 4.42 Å². The summed E-state index contributed by atoms with van der Waals surface area (Å²) in [7, 11) is 0. The Morgan fingerprint density at radius 2 is 2.28 bits per heavy atom. The Bertz CT molecular complexity index is 358. The van der Waals surface area contributed by atoms with Gasteiger partial charge in [0.15, 0.2) is 0 Å². The van der Waals surface area contributed by atoms with Crippen molar-refractivity contribution in [3.05, 3.63) is 5.89 Å². The minimum Gasteiger partial charge on any atom is -0.407 e. The molecule has 18 heavy (non-hydrogen) atoms. The monoisotopic (exact) mass is 270 g/mol. The van der Waals surface area contributed by atoms with Crippen molar-refractivity contribution in [3.63, 3.8) is 0 Å². The molecule has 1 saturated carbocycles. The van der Waals surface area contributed by atoms with Gasteiger partial charge in [-0.25, -0.2) is 0 Å². The molecule has 102 valence electrons. The number of hydrogen-bond acceptors (Lipinski definition) is 6. The molecule has 0 amide bonds. The van der Waals surface area contributed by atoms with Crippen molar-refractivity contribution in [2.24, 2.45) is 0 Å². The van der Waals surface area contributed by atoms with Crippen molar-refractivity contribution in [1.29, 1.82) is 0 Å². The highest BCUT2D eigenvalue weighted by molar-refractivity contribution is 7.99. The third kappa shape index (κ3) is 3.88. The predicted octanol–water partition coefficient (Wildman–Crippen LogP) is 2.27. The Labute approximate surface area is 112 Å². The highest BCUT2D eigenvalue weighted by Gasteiger charge is 2.24. The van der Waals surface area contributed by atoms with Crippen LogP contribution in [0.3, 0.4) is 0 Å². The number of anilines is 1. The van der Waals surface area contributed by atoms with Crippen molar-refractivity contribution < 1.29 is 4.42 Å². The molecular formula is C12H22N4OS. The lowest BCUT2D eigenvalue weighted by molar-refractivity contribution is 0.472. The minimum absolute atomic E-state index is 0.486. The first-order valence-corrected chi connectivity index (χ1v) is 7.93. The van der Waals surface area contributed by atoms with E-state index in [1.807, 2.05) is 11.8 Å². The Balaban J connectivity index is 1.76. The SMILES string of the molecule is CCCNCc1nnc(NC2CCC(SC)C2)o1. The van der Waals surface area contributed by atoms with Crippen molar-refractivity contribution in [1.82, 2.24) is 15.5 Å². The largest absolute Gasteiger partial charge is 0.407 e. The van der Waals surface area contributed by atoms with E-state index >= 15 is 0 Å². The summed E-state index contributed by atoms with van der Waals surface area (Å²) in [6, 6.07) is 1.05. The zero-order valence-electron chi connectivity index (χ0n) is 11.1. The van der Waals surface area contributed by atoms with Gasteiger partial charge in [-0.3, -0.25) is 0 Å². The Hall–Kier alpha value is -0.750. The Morgan fingerprint density at radius 3 is 3.00 bits per heavy atom. The first kappa shape index (κ1) is 13.7. The number of aromatic nitrogens is 2. The van der Waals surface area contributed by atoms with E-state index in [2.05, 4.69) is 34.0 Å². The van der Waals surface area contributed by atoms with Crippen molar-refractivity contribution in [3.8, 4) is 0 Å². The second-order valence-electron chi connectivity index (χ2n) is 4.69. The van der Waals surface area contributed by atoms with Crippen LogP contribution in [0.2, 0.25) is 0 Å². The molecule has 2 atom stereocenters. The third-order valence-electron chi connectivity index (χ3n) is 3.22. The van der Waals surface area contributed by atoms with Gasteiger partial charge in [-0.05, 0) is 38.5 Å². The number of rotatable bonds is 7. The number of hydrogen-bond donors (Lipinski definition) is 2. The van der Waals surface area contributed by atoms with Gasteiger partial charge in [0.1, 0.15) is 0 Å². The van der Waals surface area contributed by atoms with E-state index in [4.69, 9.17) is 4.42 Å². The first-order chi connectivity index (χ1) is 8.81. The first-order valence-electron chi connectivity index (χ1n) is 6.64. The van der Waals surface area contributed by atoms with E-state index in [0.29, 0.717) is 24.5 Å². The lowest BCUT2D eigenvalue weighted by Gasteiger charge is -2.09. The quantitative estimate of drug-likeness (QED) is 0.741. The maximum atomic E-state index is 5.56. The van der Waals surface area contributed by atoms with Crippen LogP contribution in [0.1, 0.15) is 38.5 Å². The molecule has 1 fully saturated rings. The van der Waals surface area contributed by atoms with Crippen LogP contribution in [0.5, 0.6) is 0 Å². The molecule has 1 aliphatic rings. The fourth-order valence-corrected chi connectivity index (χ4v) is 3.01. The van der Waals surface area contributed by atoms with Gasteiger partial charge in [-0.2, -0.15) is 11.8 Å². The van der Waals surface area contributed by atoms with Gasteiger partial charge in [-0.15, -0.1) is 5.10 Å². The van der Waals surface area contributed by atoms with E-state index < -0.39 is 0 Å². The summed E-state index contributed by atoms with van der Waals surface area (Å²) < 4.78 is 5.56. The summed E-state index contributed by atoms with van der Waals surface area (Å²) in [5.74, 6) is 0.658. The predicted molar refractivity (Wildman–Crippen MR) is 74.9 cm³/mol. The lowest BCUT2D eigenvalue weighted by Crippen LogP contribution is -2.16. The molecule has 1 aromatic rings. The second-order valence-corrected chi connectivity index (χ2v) is 5.83. The van der Waals surface area contributed by atoms with E-state index in [1.165, 1.54) is 19.3 Å². The Morgan fingerprint density at radius 1 is 1.39 bits per heavy atom. The van der Waals surface area contributed by atoms with Gasteiger partial charge < -0.3 is 15.1 Å². The molecule has 2 N–H and O–H groups in total. The summed E-state index contributed by atoms with van der Waals surface area (Å²) in [5, 5.41) is 15.4. The molecule has 1 heterocycles. The molecule has 1 aliphatic carbocycles. The minimum atomic E-state index is 0.486. The molecule has 6 heteroatoms. The molecule has 0 spiro atoms. The van der Waals surface area contributed by atoms with E-state index in [9.17, 15) is 0 Å². The molecule has 0 saturated heterocycles. The molecular weight excluding hydrogens is 248 g/mol. The van der Waals surface area contributed by atoms with Gasteiger partial charge in [0, 0.05) is 11.3 Å².